The Bertz CT molecular complexity index is 1260. The van der Waals surface area contributed by atoms with Crippen LogP contribution in [0.2, 0.25) is 0 Å². The van der Waals surface area contributed by atoms with E-state index in [2.05, 4.69) is 20.7 Å². The van der Waals surface area contributed by atoms with Crippen LogP contribution in [0.15, 0.2) is 55.1 Å². The highest BCUT2D eigenvalue weighted by atomic mass is 32.2. The lowest BCUT2D eigenvalue weighted by Gasteiger charge is -2.16. The van der Waals surface area contributed by atoms with Gasteiger partial charge < -0.3 is 10.6 Å². The first kappa shape index (κ1) is 21.5. The summed E-state index contributed by atoms with van der Waals surface area (Å²) in [5.41, 5.74) is 3.03. The number of carbonyl (C=O) groups excluding carboxylic acids is 2. The zero-order chi connectivity index (χ0) is 22.9. The fourth-order valence-corrected chi connectivity index (χ4v) is 4.44. The number of nitrogens with one attached hydrogen (secondary N) is 2. The van der Waals surface area contributed by atoms with E-state index in [1.807, 2.05) is 0 Å². The van der Waals surface area contributed by atoms with Crippen molar-refractivity contribution in [2.45, 2.75) is 19.4 Å². The summed E-state index contributed by atoms with van der Waals surface area (Å²) >= 11 is 0. The summed E-state index contributed by atoms with van der Waals surface area (Å²) < 4.78 is 26.5. The van der Waals surface area contributed by atoms with Crippen LogP contribution in [-0.2, 0) is 21.2 Å². The molecule has 1 aromatic heterocycles. The van der Waals surface area contributed by atoms with Crippen molar-refractivity contribution in [1.29, 1.82) is 0 Å². The van der Waals surface area contributed by atoms with Crippen molar-refractivity contribution >= 4 is 38.9 Å². The molecule has 0 aliphatic carbocycles. The predicted octanol–water partition coefficient (Wildman–Crippen LogP) is 2.05. The van der Waals surface area contributed by atoms with E-state index in [4.69, 9.17) is 0 Å². The molecule has 4 rings (SSSR count). The summed E-state index contributed by atoms with van der Waals surface area (Å²) in [7, 11) is -3.33. The fourth-order valence-electron chi connectivity index (χ4n) is 3.48. The summed E-state index contributed by atoms with van der Waals surface area (Å²) in [6.07, 6.45) is 4.57. The SMILES string of the molecule is CC(C(=O)Nc1ccc(NC(=O)c2ccc3c(c2)CCN3S(C)(=O)=O)cc1)n1cncn1. The fraction of sp³-hybridized carbons (Fsp3) is 0.238. The van der Waals surface area contributed by atoms with Crippen LogP contribution < -0.4 is 14.9 Å². The number of rotatable bonds is 6. The van der Waals surface area contributed by atoms with Crippen molar-refractivity contribution in [2.75, 3.05) is 27.7 Å². The number of hydrogen-bond acceptors (Lipinski definition) is 6. The molecule has 2 amide bonds. The lowest BCUT2D eigenvalue weighted by molar-refractivity contribution is -0.119. The van der Waals surface area contributed by atoms with Crippen molar-refractivity contribution in [3.63, 3.8) is 0 Å². The minimum Gasteiger partial charge on any atom is -0.324 e. The van der Waals surface area contributed by atoms with Gasteiger partial charge in [0.1, 0.15) is 18.7 Å². The normalized spacial score (nSPS) is 14.0. The van der Waals surface area contributed by atoms with Gasteiger partial charge in [-0.05, 0) is 61.4 Å². The molecule has 11 heteroatoms. The van der Waals surface area contributed by atoms with Gasteiger partial charge in [-0.25, -0.2) is 18.1 Å². The van der Waals surface area contributed by atoms with E-state index in [1.54, 1.807) is 49.4 Å². The van der Waals surface area contributed by atoms with Crippen molar-refractivity contribution in [1.82, 2.24) is 14.8 Å². The Morgan fingerprint density at radius 2 is 1.75 bits per heavy atom. The van der Waals surface area contributed by atoms with Gasteiger partial charge in [-0.15, -0.1) is 0 Å². The Labute approximate surface area is 185 Å². The Morgan fingerprint density at radius 3 is 2.38 bits per heavy atom. The zero-order valence-corrected chi connectivity index (χ0v) is 18.3. The Kier molecular flexibility index (Phi) is 5.66. The molecule has 166 valence electrons. The summed E-state index contributed by atoms with van der Waals surface area (Å²) in [5, 5.41) is 9.56. The lowest BCUT2D eigenvalue weighted by atomic mass is 10.1. The molecule has 1 aliphatic rings. The van der Waals surface area contributed by atoms with E-state index >= 15 is 0 Å². The van der Waals surface area contributed by atoms with Crippen LogP contribution in [0.5, 0.6) is 0 Å². The minimum absolute atomic E-state index is 0.242. The second-order valence-corrected chi connectivity index (χ2v) is 9.41. The van der Waals surface area contributed by atoms with E-state index in [-0.39, 0.29) is 11.8 Å². The molecule has 1 aliphatic heterocycles. The molecule has 32 heavy (non-hydrogen) atoms. The molecule has 0 radical (unpaired) electrons. The molecule has 0 fully saturated rings. The van der Waals surface area contributed by atoms with Crippen LogP contribution in [0.25, 0.3) is 0 Å². The van der Waals surface area contributed by atoms with E-state index in [1.165, 1.54) is 27.9 Å². The second-order valence-electron chi connectivity index (χ2n) is 7.50. The largest absolute Gasteiger partial charge is 0.324 e. The quantitative estimate of drug-likeness (QED) is 0.587. The first-order chi connectivity index (χ1) is 15.2. The molecule has 3 aromatic rings. The predicted molar refractivity (Wildman–Crippen MR) is 120 cm³/mol. The number of benzene rings is 2. The van der Waals surface area contributed by atoms with Gasteiger partial charge in [0.25, 0.3) is 5.91 Å². The summed E-state index contributed by atoms with van der Waals surface area (Å²) in [6, 6.07) is 11.2. The van der Waals surface area contributed by atoms with E-state index in [0.29, 0.717) is 35.6 Å². The third-order valence-corrected chi connectivity index (χ3v) is 6.40. The summed E-state index contributed by atoms with van der Waals surface area (Å²) in [6.45, 7) is 2.09. The average molecular weight is 455 g/mol. The maximum atomic E-state index is 12.6. The Balaban J connectivity index is 1.40. The average Bonchev–Trinajstić information content (AvgIpc) is 3.43. The first-order valence-corrected chi connectivity index (χ1v) is 11.7. The van der Waals surface area contributed by atoms with Crippen LogP contribution in [0, 0.1) is 0 Å². The third-order valence-electron chi connectivity index (χ3n) is 5.22. The highest BCUT2D eigenvalue weighted by Crippen LogP contribution is 2.31. The van der Waals surface area contributed by atoms with Crippen LogP contribution in [0.3, 0.4) is 0 Å². The molecule has 2 N–H and O–H groups in total. The van der Waals surface area contributed by atoms with E-state index in [9.17, 15) is 18.0 Å². The van der Waals surface area contributed by atoms with Crippen molar-refractivity contribution in [3.8, 4) is 0 Å². The smallest absolute Gasteiger partial charge is 0.255 e. The van der Waals surface area contributed by atoms with E-state index in [0.717, 1.165) is 5.56 Å². The molecule has 0 saturated carbocycles. The second kappa shape index (κ2) is 8.42. The highest BCUT2D eigenvalue weighted by Gasteiger charge is 2.26. The molecule has 0 spiro atoms. The molecular formula is C21H22N6O4S. The van der Waals surface area contributed by atoms with Crippen molar-refractivity contribution < 1.29 is 18.0 Å². The van der Waals surface area contributed by atoms with Crippen LogP contribution in [-0.4, -0.2) is 47.8 Å². The Morgan fingerprint density at radius 1 is 1.06 bits per heavy atom. The molecule has 10 nitrogen and oxygen atoms in total. The maximum absolute atomic E-state index is 12.6. The minimum atomic E-state index is -3.33. The van der Waals surface area contributed by atoms with Gasteiger partial charge in [0, 0.05) is 23.5 Å². The molecule has 2 heterocycles. The van der Waals surface area contributed by atoms with Crippen LogP contribution in [0.1, 0.15) is 28.9 Å². The van der Waals surface area contributed by atoms with Gasteiger partial charge in [0.2, 0.25) is 15.9 Å². The number of carbonyl (C=O) groups is 2. The number of nitrogens with zero attached hydrogens (tertiary/aromatic N) is 4. The van der Waals surface area contributed by atoms with E-state index < -0.39 is 16.1 Å². The zero-order valence-electron chi connectivity index (χ0n) is 17.5. The maximum Gasteiger partial charge on any atom is 0.255 e. The van der Waals surface area contributed by atoms with Gasteiger partial charge in [0.15, 0.2) is 0 Å². The van der Waals surface area contributed by atoms with Gasteiger partial charge in [-0.1, -0.05) is 0 Å². The number of hydrogen-bond donors (Lipinski definition) is 2. The number of aromatic nitrogens is 3. The molecule has 0 saturated heterocycles. The standard InChI is InChI=1S/C21H22N6O4S/c1-14(26-13-22-12-23-26)20(28)24-17-4-6-18(7-5-17)25-21(29)16-3-8-19-15(11-16)9-10-27(19)32(2,30)31/h3-8,11-14H,9-10H2,1-2H3,(H,24,28)(H,25,29). The summed E-state index contributed by atoms with van der Waals surface area (Å²) in [4.78, 5) is 28.8. The molecule has 1 unspecified atom stereocenters. The lowest BCUT2D eigenvalue weighted by Crippen LogP contribution is -2.27. The first-order valence-electron chi connectivity index (χ1n) is 9.89. The monoisotopic (exact) mass is 454 g/mol. The summed E-state index contributed by atoms with van der Waals surface area (Å²) in [5.74, 6) is -0.546. The number of anilines is 3. The number of amides is 2. The molecule has 2 aromatic carbocycles. The van der Waals surface area contributed by atoms with Crippen LogP contribution in [0.4, 0.5) is 17.1 Å². The Hall–Kier alpha value is -3.73. The van der Waals surface area contributed by atoms with Gasteiger partial charge in [0.05, 0.1) is 11.9 Å². The molecule has 0 bridgehead atoms. The molecule has 1 atom stereocenters. The van der Waals surface area contributed by atoms with Gasteiger partial charge in [-0.2, -0.15) is 5.10 Å². The highest BCUT2D eigenvalue weighted by molar-refractivity contribution is 7.92. The van der Waals surface area contributed by atoms with Crippen molar-refractivity contribution in [2.24, 2.45) is 0 Å². The van der Waals surface area contributed by atoms with Gasteiger partial charge in [-0.3, -0.25) is 13.9 Å². The number of sulfonamides is 1. The number of fused-ring (bicyclic) bond motifs is 1. The van der Waals surface area contributed by atoms with Crippen LogP contribution >= 0.6 is 0 Å². The third kappa shape index (κ3) is 4.47. The topological polar surface area (TPSA) is 126 Å². The molecular weight excluding hydrogens is 432 g/mol. The van der Waals surface area contributed by atoms with Crippen molar-refractivity contribution in [3.05, 3.63) is 66.2 Å². The van der Waals surface area contributed by atoms with Gasteiger partial charge >= 0.3 is 0 Å².